The maximum Gasteiger partial charge on any atom is 0.255 e. The highest BCUT2D eigenvalue weighted by molar-refractivity contribution is 6.02. The molecule has 1 atom stereocenters. The number of para-hydroxylation sites is 3. The van der Waals surface area contributed by atoms with Crippen LogP contribution in [0.25, 0.3) is 11.0 Å². The van der Waals surface area contributed by atoms with Gasteiger partial charge in [0, 0.05) is 38.0 Å². The van der Waals surface area contributed by atoms with Crippen LogP contribution in [0.1, 0.15) is 48.9 Å². The Morgan fingerprint density at radius 1 is 1.10 bits per heavy atom. The minimum atomic E-state index is -0.498. The van der Waals surface area contributed by atoms with E-state index in [2.05, 4.69) is 22.1 Å². The number of anilines is 1. The molecule has 31 heavy (non-hydrogen) atoms. The number of hydrogen-bond acceptors (Lipinski definition) is 4. The molecule has 1 aromatic heterocycles. The summed E-state index contributed by atoms with van der Waals surface area (Å²) in [5, 5.41) is 6.66. The van der Waals surface area contributed by atoms with Gasteiger partial charge in [-0.25, -0.2) is 4.98 Å². The molecular formula is C24H27N5O2. The fourth-order valence-corrected chi connectivity index (χ4v) is 4.87. The summed E-state index contributed by atoms with van der Waals surface area (Å²) in [6.45, 7) is 5.20. The van der Waals surface area contributed by atoms with E-state index in [1.807, 2.05) is 60.4 Å². The third-order valence-corrected chi connectivity index (χ3v) is 6.56. The predicted molar refractivity (Wildman–Crippen MR) is 120 cm³/mol. The lowest BCUT2D eigenvalue weighted by Gasteiger charge is -2.46. The number of likely N-dealkylation sites (tertiary alicyclic amines) is 1. The molecule has 1 fully saturated rings. The van der Waals surface area contributed by atoms with Crippen molar-refractivity contribution >= 4 is 28.5 Å². The Kier molecular flexibility index (Phi) is 4.68. The molecule has 160 valence electrons. The van der Waals surface area contributed by atoms with Crippen LogP contribution in [-0.2, 0) is 11.2 Å². The molecule has 1 saturated heterocycles. The lowest BCUT2D eigenvalue weighted by Crippen LogP contribution is -2.63. The number of carbonyl (C=O) groups is 2. The van der Waals surface area contributed by atoms with Crippen molar-refractivity contribution in [3.63, 3.8) is 0 Å². The van der Waals surface area contributed by atoms with Crippen LogP contribution in [0.5, 0.6) is 0 Å². The number of fused-ring (bicyclic) bond motifs is 2. The Labute approximate surface area is 181 Å². The van der Waals surface area contributed by atoms with E-state index >= 15 is 0 Å². The molecule has 3 heterocycles. The van der Waals surface area contributed by atoms with Crippen LogP contribution >= 0.6 is 0 Å². The summed E-state index contributed by atoms with van der Waals surface area (Å²) in [6, 6.07) is 15.2. The highest BCUT2D eigenvalue weighted by Gasteiger charge is 2.41. The number of benzene rings is 2. The van der Waals surface area contributed by atoms with Crippen molar-refractivity contribution in [2.24, 2.45) is 0 Å². The van der Waals surface area contributed by atoms with Gasteiger partial charge in [0.1, 0.15) is 17.5 Å². The molecule has 2 aromatic carbocycles. The molecule has 0 saturated carbocycles. The van der Waals surface area contributed by atoms with Gasteiger partial charge in [-0.1, -0.05) is 31.2 Å². The summed E-state index contributed by atoms with van der Waals surface area (Å²) in [5.41, 5.74) is 2.94. The summed E-state index contributed by atoms with van der Waals surface area (Å²) < 4.78 is 2.07. The SMILES string of the molecule is CCc1nc2ccccc2n1[C@H](C)C(=O)N1CCC2(CC1)NC(=O)c1ccccc1N2. The predicted octanol–water partition coefficient (Wildman–Crippen LogP) is 3.33. The highest BCUT2D eigenvalue weighted by Crippen LogP contribution is 2.32. The van der Waals surface area contributed by atoms with Gasteiger partial charge < -0.3 is 20.1 Å². The van der Waals surface area contributed by atoms with Gasteiger partial charge in [-0.15, -0.1) is 0 Å². The molecule has 0 radical (unpaired) electrons. The number of nitrogens with one attached hydrogen (secondary N) is 2. The first-order chi connectivity index (χ1) is 15.0. The molecule has 2 amide bonds. The molecule has 2 N–H and O–H groups in total. The van der Waals surface area contributed by atoms with Crippen molar-refractivity contribution in [2.45, 2.75) is 44.8 Å². The summed E-state index contributed by atoms with van der Waals surface area (Å²) in [4.78, 5) is 32.6. The number of rotatable bonds is 3. The lowest BCUT2D eigenvalue weighted by molar-refractivity contribution is -0.135. The number of aryl methyl sites for hydroxylation is 1. The molecule has 2 aliphatic rings. The summed E-state index contributed by atoms with van der Waals surface area (Å²) in [5.74, 6) is 0.962. The smallest absolute Gasteiger partial charge is 0.255 e. The third-order valence-electron chi connectivity index (χ3n) is 6.56. The van der Waals surface area contributed by atoms with Gasteiger partial charge in [0.25, 0.3) is 5.91 Å². The first-order valence-corrected chi connectivity index (χ1v) is 11.0. The van der Waals surface area contributed by atoms with E-state index in [1.54, 1.807) is 0 Å². The van der Waals surface area contributed by atoms with Gasteiger partial charge in [0.2, 0.25) is 5.91 Å². The Bertz CT molecular complexity index is 1160. The second kappa shape index (κ2) is 7.41. The van der Waals surface area contributed by atoms with E-state index in [9.17, 15) is 9.59 Å². The maximum atomic E-state index is 13.4. The topological polar surface area (TPSA) is 79.3 Å². The first kappa shape index (κ1) is 19.6. The fourth-order valence-electron chi connectivity index (χ4n) is 4.87. The van der Waals surface area contributed by atoms with Gasteiger partial charge in [-0.2, -0.15) is 0 Å². The minimum absolute atomic E-state index is 0.0556. The van der Waals surface area contributed by atoms with E-state index < -0.39 is 5.66 Å². The van der Waals surface area contributed by atoms with Crippen LogP contribution in [-0.4, -0.2) is 45.0 Å². The zero-order valence-electron chi connectivity index (χ0n) is 17.9. The van der Waals surface area contributed by atoms with Gasteiger partial charge in [-0.05, 0) is 31.2 Å². The summed E-state index contributed by atoms with van der Waals surface area (Å²) in [7, 11) is 0. The summed E-state index contributed by atoms with van der Waals surface area (Å²) in [6.07, 6.45) is 2.10. The van der Waals surface area contributed by atoms with Crippen molar-refractivity contribution in [3.8, 4) is 0 Å². The van der Waals surface area contributed by atoms with Crippen molar-refractivity contribution in [1.82, 2.24) is 19.8 Å². The number of nitrogens with zero attached hydrogens (tertiary/aromatic N) is 3. The molecule has 0 unspecified atom stereocenters. The normalized spacial score (nSPS) is 18.4. The average Bonchev–Trinajstić information content (AvgIpc) is 3.17. The monoisotopic (exact) mass is 417 g/mol. The van der Waals surface area contributed by atoms with E-state index in [-0.39, 0.29) is 17.9 Å². The number of piperidine rings is 1. The lowest BCUT2D eigenvalue weighted by atomic mass is 9.92. The Morgan fingerprint density at radius 2 is 1.81 bits per heavy atom. The number of amides is 2. The maximum absolute atomic E-state index is 13.4. The zero-order chi connectivity index (χ0) is 21.6. The van der Waals surface area contributed by atoms with Crippen molar-refractivity contribution in [3.05, 3.63) is 59.9 Å². The molecule has 3 aromatic rings. The molecule has 2 aliphatic heterocycles. The van der Waals surface area contributed by atoms with Crippen molar-refractivity contribution < 1.29 is 9.59 Å². The van der Waals surface area contributed by atoms with Gasteiger partial charge in [0.05, 0.1) is 16.6 Å². The number of hydrogen-bond donors (Lipinski definition) is 2. The van der Waals surface area contributed by atoms with E-state index in [0.29, 0.717) is 31.5 Å². The summed E-state index contributed by atoms with van der Waals surface area (Å²) >= 11 is 0. The second-order valence-corrected chi connectivity index (χ2v) is 8.45. The van der Waals surface area contributed by atoms with Crippen LogP contribution in [0, 0.1) is 0 Å². The van der Waals surface area contributed by atoms with E-state index in [1.165, 1.54) is 0 Å². The molecular weight excluding hydrogens is 390 g/mol. The number of carbonyl (C=O) groups excluding carboxylic acids is 2. The highest BCUT2D eigenvalue weighted by atomic mass is 16.2. The Morgan fingerprint density at radius 3 is 2.58 bits per heavy atom. The van der Waals surface area contributed by atoms with E-state index in [4.69, 9.17) is 4.98 Å². The molecule has 7 nitrogen and oxygen atoms in total. The molecule has 1 spiro atoms. The quantitative estimate of drug-likeness (QED) is 0.685. The zero-order valence-corrected chi connectivity index (χ0v) is 17.9. The van der Waals surface area contributed by atoms with Gasteiger partial charge in [0.15, 0.2) is 0 Å². The van der Waals surface area contributed by atoms with E-state index in [0.717, 1.165) is 29.0 Å². The number of aromatic nitrogens is 2. The molecule has 5 rings (SSSR count). The van der Waals surface area contributed by atoms with Crippen LogP contribution in [0.2, 0.25) is 0 Å². The minimum Gasteiger partial charge on any atom is -0.362 e. The van der Waals surface area contributed by atoms with Crippen molar-refractivity contribution in [2.75, 3.05) is 18.4 Å². The average molecular weight is 418 g/mol. The second-order valence-electron chi connectivity index (χ2n) is 8.45. The molecule has 0 bridgehead atoms. The first-order valence-electron chi connectivity index (χ1n) is 11.0. The van der Waals surface area contributed by atoms with Crippen LogP contribution in [0.4, 0.5) is 5.69 Å². The van der Waals surface area contributed by atoms with Crippen molar-refractivity contribution in [1.29, 1.82) is 0 Å². The van der Waals surface area contributed by atoms with Crippen LogP contribution in [0.3, 0.4) is 0 Å². The largest absolute Gasteiger partial charge is 0.362 e. The number of imidazole rings is 1. The van der Waals surface area contributed by atoms with Crippen LogP contribution < -0.4 is 10.6 Å². The Hall–Kier alpha value is -3.35. The standard InChI is InChI=1S/C24H27N5O2/c1-3-21-25-19-10-6-7-11-20(19)29(21)16(2)23(31)28-14-12-24(13-15-28)26-18-9-5-4-8-17(18)22(30)27-24/h4-11,16,26H,3,12-15H2,1-2H3,(H,27,30)/t16-/m1/s1. The van der Waals surface area contributed by atoms with Gasteiger partial charge in [-0.3, -0.25) is 9.59 Å². The van der Waals surface area contributed by atoms with Gasteiger partial charge >= 0.3 is 0 Å². The fraction of sp³-hybridized carbons (Fsp3) is 0.375. The third kappa shape index (κ3) is 3.24. The molecule has 7 heteroatoms. The van der Waals surface area contributed by atoms with Crippen LogP contribution in [0.15, 0.2) is 48.5 Å². The Balaban J connectivity index is 1.34. The molecule has 0 aliphatic carbocycles.